The highest BCUT2D eigenvalue weighted by atomic mass is 79.9. The second-order valence-electron chi connectivity index (χ2n) is 6.73. The van der Waals surface area contributed by atoms with Crippen LogP contribution < -0.4 is 11.1 Å². The van der Waals surface area contributed by atoms with Crippen LogP contribution in [0.3, 0.4) is 0 Å². The molecule has 1 aromatic carbocycles. The molecule has 0 unspecified atom stereocenters. The lowest BCUT2D eigenvalue weighted by molar-refractivity contribution is -0.114. The van der Waals surface area contributed by atoms with E-state index in [1.807, 2.05) is 24.3 Å². The number of rotatable bonds is 5. The van der Waals surface area contributed by atoms with E-state index in [1.165, 1.54) is 13.2 Å². The number of nitriles is 1. The minimum atomic E-state index is -0.371. The Hall–Kier alpha value is -3.48. The highest BCUT2D eigenvalue weighted by Crippen LogP contribution is 2.43. The molecule has 0 spiro atoms. The maximum atomic E-state index is 13.0. The highest BCUT2D eigenvalue weighted by Gasteiger charge is 2.26. The van der Waals surface area contributed by atoms with E-state index in [1.54, 1.807) is 12.1 Å². The molecule has 0 saturated carbocycles. The number of hydrogen-bond donors (Lipinski definition) is 2. The number of nitrogens with zero attached hydrogens (tertiary/aromatic N) is 2. The van der Waals surface area contributed by atoms with Crippen molar-refractivity contribution >= 4 is 60.7 Å². The molecule has 0 bridgehead atoms. The van der Waals surface area contributed by atoms with Gasteiger partial charge in [0.25, 0.3) is 0 Å². The van der Waals surface area contributed by atoms with Crippen molar-refractivity contribution in [2.75, 3.05) is 11.1 Å². The first-order valence-electron chi connectivity index (χ1n) is 9.14. The summed E-state index contributed by atoms with van der Waals surface area (Å²) in [6.45, 7) is 1.33. The predicted octanol–water partition coefficient (Wildman–Crippen LogP) is 5.16. The summed E-state index contributed by atoms with van der Waals surface area (Å²) in [5.74, 6) is -0.0355. The van der Waals surface area contributed by atoms with Crippen LogP contribution in [0.1, 0.15) is 27.7 Å². The van der Waals surface area contributed by atoms with Crippen LogP contribution in [0, 0.1) is 11.3 Å². The number of pyridine rings is 1. The molecule has 7 nitrogen and oxygen atoms in total. The summed E-state index contributed by atoms with van der Waals surface area (Å²) in [4.78, 5) is 29.9. The number of aromatic nitrogens is 1. The summed E-state index contributed by atoms with van der Waals surface area (Å²) in [5, 5.41) is 12.9. The maximum absolute atomic E-state index is 13.0. The van der Waals surface area contributed by atoms with Crippen molar-refractivity contribution in [1.82, 2.24) is 4.98 Å². The van der Waals surface area contributed by atoms with E-state index < -0.39 is 0 Å². The predicted molar refractivity (Wildman–Crippen MR) is 123 cm³/mol. The Kier molecular flexibility index (Phi) is 5.59. The lowest BCUT2D eigenvalue weighted by Gasteiger charge is -2.10. The van der Waals surface area contributed by atoms with E-state index in [4.69, 9.17) is 10.2 Å². The van der Waals surface area contributed by atoms with Gasteiger partial charge in [-0.1, -0.05) is 28.1 Å². The van der Waals surface area contributed by atoms with Crippen LogP contribution >= 0.6 is 27.3 Å². The van der Waals surface area contributed by atoms with Crippen LogP contribution in [0.4, 0.5) is 11.5 Å². The van der Waals surface area contributed by atoms with Gasteiger partial charge in [0.1, 0.15) is 22.2 Å². The normalized spacial score (nSPS) is 10.7. The molecule has 0 saturated heterocycles. The van der Waals surface area contributed by atoms with Gasteiger partial charge < -0.3 is 15.5 Å². The maximum Gasteiger partial charge on any atom is 0.222 e. The van der Waals surface area contributed by atoms with Gasteiger partial charge in [-0.25, -0.2) is 4.98 Å². The number of nitrogens with one attached hydrogen (secondary N) is 1. The minimum Gasteiger partial charge on any atom is -0.464 e. The molecule has 0 aliphatic carbocycles. The Labute approximate surface area is 189 Å². The SMILES string of the molecule is CC(=O)Nc1nc2sc(C(=O)Cc3ccc(Br)cc3)c(N)c2c(-c2ccco2)c1C#N. The lowest BCUT2D eigenvalue weighted by Crippen LogP contribution is -2.10. The largest absolute Gasteiger partial charge is 0.464 e. The number of furan rings is 1. The molecule has 3 heterocycles. The standard InChI is InChI=1S/C22H15BrN4O3S/c1-11(28)26-21-14(10-24)17(16-3-2-8-30-16)18-19(25)20(31-22(18)27-21)15(29)9-12-4-6-13(23)7-5-12/h2-8H,9,25H2,1H3,(H,26,27,28). The van der Waals surface area contributed by atoms with Gasteiger partial charge in [-0.2, -0.15) is 5.26 Å². The second-order valence-corrected chi connectivity index (χ2v) is 8.65. The number of nitrogen functional groups attached to an aromatic ring is 1. The zero-order valence-corrected chi connectivity index (χ0v) is 18.6. The summed E-state index contributed by atoms with van der Waals surface area (Å²) in [5.41, 5.74) is 8.01. The average molecular weight is 495 g/mol. The molecule has 0 atom stereocenters. The number of fused-ring (bicyclic) bond motifs is 1. The lowest BCUT2D eigenvalue weighted by atomic mass is 10.0. The molecule has 3 N–H and O–H groups in total. The van der Waals surface area contributed by atoms with Crippen LogP contribution in [0.5, 0.6) is 0 Å². The van der Waals surface area contributed by atoms with E-state index in [2.05, 4.69) is 32.3 Å². The monoisotopic (exact) mass is 494 g/mol. The molecular weight excluding hydrogens is 480 g/mol. The average Bonchev–Trinajstić information content (AvgIpc) is 3.37. The molecule has 0 aliphatic heterocycles. The van der Waals surface area contributed by atoms with Gasteiger partial charge in [0.05, 0.1) is 22.4 Å². The topological polar surface area (TPSA) is 122 Å². The van der Waals surface area contributed by atoms with Gasteiger partial charge >= 0.3 is 0 Å². The van der Waals surface area contributed by atoms with Gasteiger partial charge in [0.2, 0.25) is 5.91 Å². The smallest absolute Gasteiger partial charge is 0.222 e. The Bertz CT molecular complexity index is 1350. The summed E-state index contributed by atoms with van der Waals surface area (Å²) in [6, 6.07) is 12.9. The third-order valence-corrected chi connectivity index (χ3v) is 6.25. The molecule has 31 heavy (non-hydrogen) atoms. The number of thiophene rings is 1. The van der Waals surface area contributed by atoms with Crippen molar-refractivity contribution in [3.05, 3.63) is 63.1 Å². The summed E-state index contributed by atoms with van der Waals surface area (Å²) in [7, 11) is 0. The number of hydrogen-bond acceptors (Lipinski definition) is 7. The Morgan fingerprint density at radius 3 is 2.65 bits per heavy atom. The van der Waals surface area contributed by atoms with E-state index in [9.17, 15) is 14.9 Å². The number of nitrogens with two attached hydrogens (primary N) is 1. The van der Waals surface area contributed by atoms with Crippen molar-refractivity contribution in [1.29, 1.82) is 5.26 Å². The van der Waals surface area contributed by atoms with Crippen molar-refractivity contribution in [3.63, 3.8) is 0 Å². The van der Waals surface area contributed by atoms with Gasteiger partial charge in [-0.05, 0) is 29.8 Å². The number of halogens is 1. The van der Waals surface area contributed by atoms with Crippen molar-refractivity contribution in [3.8, 4) is 17.4 Å². The first-order valence-corrected chi connectivity index (χ1v) is 10.7. The zero-order chi connectivity index (χ0) is 22.1. The van der Waals surface area contributed by atoms with Crippen LogP contribution in [0.2, 0.25) is 0 Å². The first kappa shape index (κ1) is 20.8. The number of carbonyl (C=O) groups excluding carboxylic acids is 2. The minimum absolute atomic E-state index is 0.0991. The highest BCUT2D eigenvalue weighted by molar-refractivity contribution is 9.10. The van der Waals surface area contributed by atoms with Gasteiger partial charge in [0.15, 0.2) is 11.6 Å². The summed E-state index contributed by atoms with van der Waals surface area (Å²) in [6.07, 6.45) is 1.65. The Balaban J connectivity index is 1.90. The van der Waals surface area contributed by atoms with E-state index in [0.29, 0.717) is 26.4 Å². The molecule has 4 rings (SSSR count). The number of benzene rings is 1. The number of anilines is 2. The molecule has 9 heteroatoms. The quantitative estimate of drug-likeness (QED) is 0.369. The molecule has 0 fully saturated rings. The zero-order valence-electron chi connectivity index (χ0n) is 16.2. The summed E-state index contributed by atoms with van der Waals surface area (Å²) < 4.78 is 6.45. The molecule has 0 aliphatic rings. The Morgan fingerprint density at radius 1 is 1.29 bits per heavy atom. The molecule has 4 aromatic rings. The first-order chi connectivity index (χ1) is 14.9. The van der Waals surface area contributed by atoms with Gasteiger partial charge in [0, 0.05) is 23.2 Å². The van der Waals surface area contributed by atoms with Crippen molar-refractivity contribution in [2.45, 2.75) is 13.3 Å². The molecule has 1 amide bonds. The van der Waals surface area contributed by atoms with Crippen molar-refractivity contribution in [2.24, 2.45) is 0 Å². The number of Topliss-reactive ketones (excluding diaryl/α,β-unsaturated/α-hetero) is 1. The Morgan fingerprint density at radius 2 is 2.03 bits per heavy atom. The molecule has 0 radical (unpaired) electrons. The fourth-order valence-electron chi connectivity index (χ4n) is 3.26. The fourth-order valence-corrected chi connectivity index (χ4v) is 4.57. The third-order valence-electron chi connectivity index (χ3n) is 4.58. The van der Waals surface area contributed by atoms with Gasteiger partial charge in [-0.15, -0.1) is 11.3 Å². The van der Waals surface area contributed by atoms with E-state index >= 15 is 0 Å². The summed E-state index contributed by atoms with van der Waals surface area (Å²) >= 11 is 4.51. The molecular formula is C22H15BrN4O3S. The third kappa shape index (κ3) is 3.95. The number of ketones is 1. The number of amides is 1. The second kappa shape index (κ2) is 8.34. The fraction of sp³-hybridized carbons (Fsp3) is 0.0909. The van der Waals surface area contributed by atoms with Crippen molar-refractivity contribution < 1.29 is 14.0 Å². The van der Waals surface area contributed by atoms with E-state index in [-0.39, 0.29) is 35.2 Å². The van der Waals surface area contributed by atoms with E-state index in [0.717, 1.165) is 21.4 Å². The molecule has 3 aromatic heterocycles. The molecule has 154 valence electrons. The van der Waals surface area contributed by atoms with Crippen LogP contribution in [-0.2, 0) is 11.2 Å². The number of carbonyl (C=O) groups is 2. The van der Waals surface area contributed by atoms with Crippen LogP contribution in [0.25, 0.3) is 21.5 Å². The van der Waals surface area contributed by atoms with Gasteiger partial charge in [-0.3, -0.25) is 9.59 Å². The van der Waals surface area contributed by atoms with Crippen LogP contribution in [0.15, 0.2) is 51.6 Å². The van der Waals surface area contributed by atoms with Crippen LogP contribution in [-0.4, -0.2) is 16.7 Å².